The summed E-state index contributed by atoms with van der Waals surface area (Å²) in [4.78, 5) is 24.7. The average molecular weight is 389 g/mol. The standard InChI is InChI=1S/C13H11Br2NO3/c1-2-5-19-11-4-3-8(6-9(11)14)16-12(17)7-10(15)13(16)18/h3-4,6-7H,2,5H2,1H3. The average Bonchev–Trinajstić information content (AvgIpc) is 2.62. The van der Waals surface area contributed by atoms with Crippen molar-refractivity contribution < 1.29 is 14.3 Å². The fourth-order valence-electron chi connectivity index (χ4n) is 1.64. The van der Waals surface area contributed by atoms with E-state index in [0.29, 0.717) is 22.5 Å². The minimum absolute atomic E-state index is 0.264. The Labute approximate surface area is 127 Å². The summed E-state index contributed by atoms with van der Waals surface area (Å²) in [5.74, 6) is -0.0261. The third-order valence-corrected chi connectivity index (χ3v) is 3.70. The maximum Gasteiger partial charge on any atom is 0.272 e. The van der Waals surface area contributed by atoms with Crippen LogP contribution in [-0.2, 0) is 9.59 Å². The quantitative estimate of drug-likeness (QED) is 0.742. The second-order valence-electron chi connectivity index (χ2n) is 3.93. The van der Waals surface area contributed by atoms with Crippen molar-refractivity contribution in [3.05, 3.63) is 33.2 Å². The fraction of sp³-hybridized carbons (Fsp3) is 0.231. The Balaban J connectivity index is 2.26. The van der Waals surface area contributed by atoms with Gasteiger partial charge in [0, 0.05) is 6.08 Å². The van der Waals surface area contributed by atoms with Gasteiger partial charge in [0.1, 0.15) is 5.75 Å². The Morgan fingerprint density at radius 1 is 1.26 bits per heavy atom. The van der Waals surface area contributed by atoms with Crippen molar-refractivity contribution in [3.8, 4) is 5.75 Å². The zero-order valence-electron chi connectivity index (χ0n) is 10.2. The lowest BCUT2D eigenvalue weighted by Gasteiger charge is -2.16. The monoisotopic (exact) mass is 387 g/mol. The van der Waals surface area contributed by atoms with E-state index in [1.807, 2.05) is 6.92 Å². The van der Waals surface area contributed by atoms with E-state index < -0.39 is 0 Å². The molecule has 0 unspecified atom stereocenters. The highest BCUT2D eigenvalue weighted by molar-refractivity contribution is 9.12. The van der Waals surface area contributed by atoms with Crippen LogP contribution in [0, 0.1) is 0 Å². The van der Waals surface area contributed by atoms with Crippen molar-refractivity contribution >= 4 is 49.4 Å². The van der Waals surface area contributed by atoms with E-state index in [9.17, 15) is 9.59 Å². The fourth-order valence-corrected chi connectivity index (χ4v) is 2.50. The zero-order valence-corrected chi connectivity index (χ0v) is 13.3. The van der Waals surface area contributed by atoms with Crippen LogP contribution in [0.15, 0.2) is 33.2 Å². The third-order valence-electron chi connectivity index (χ3n) is 2.51. The van der Waals surface area contributed by atoms with Crippen molar-refractivity contribution in [2.45, 2.75) is 13.3 Å². The first kappa shape index (κ1) is 14.3. The molecular formula is C13H11Br2NO3. The predicted octanol–water partition coefficient (Wildman–Crippen LogP) is 3.39. The molecule has 0 bridgehead atoms. The molecule has 1 aromatic carbocycles. The first-order valence-corrected chi connectivity index (χ1v) is 7.31. The number of rotatable bonds is 4. The Hall–Kier alpha value is -1.14. The molecule has 0 N–H and O–H groups in total. The van der Waals surface area contributed by atoms with Crippen molar-refractivity contribution in [3.63, 3.8) is 0 Å². The largest absolute Gasteiger partial charge is 0.492 e. The highest BCUT2D eigenvalue weighted by Gasteiger charge is 2.31. The molecule has 0 atom stereocenters. The summed E-state index contributed by atoms with van der Waals surface area (Å²) in [7, 11) is 0. The molecule has 1 aliphatic rings. The molecule has 2 amide bonds. The van der Waals surface area contributed by atoms with Crippen LogP contribution in [0.5, 0.6) is 5.75 Å². The summed E-state index contributed by atoms with van der Waals surface area (Å²) in [6, 6.07) is 5.12. The van der Waals surface area contributed by atoms with Gasteiger partial charge in [-0.25, -0.2) is 4.90 Å². The highest BCUT2D eigenvalue weighted by Crippen LogP contribution is 2.32. The number of hydrogen-bond acceptors (Lipinski definition) is 3. The molecule has 100 valence electrons. The number of carbonyl (C=O) groups is 2. The van der Waals surface area contributed by atoms with Gasteiger partial charge in [-0.3, -0.25) is 9.59 Å². The van der Waals surface area contributed by atoms with Crippen LogP contribution in [0.2, 0.25) is 0 Å². The number of benzene rings is 1. The van der Waals surface area contributed by atoms with Gasteiger partial charge in [0.05, 0.1) is 21.2 Å². The Bertz CT molecular complexity index is 569. The number of carbonyl (C=O) groups excluding carboxylic acids is 2. The van der Waals surface area contributed by atoms with E-state index in [1.54, 1.807) is 18.2 Å². The molecule has 0 aromatic heterocycles. The van der Waals surface area contributed by atoms with Gasteiger partial charge >= 0.3 is 0 Å². The molecule has 0 fully saturated rings. The third kappa shape index (κ3) is 2.90. The Kier molecular flexibility index (Phi) is 4.42. The lowest BCUT2D eigenvalue weighted by Crippen LogP contribution is -2.30. The predicted molar refractivity (Wildman–Crippen MR) is 79.4 cm³/mol. The Morgan fingerprint density at radius 2 is 2.00 bits per heavy atom. The summed E-state index contributed by atoms with van der Waals surface area (Å²) in [5, 5.41) is 0. The summed E-state index contributed by atoms with van der Waals surface area (Å²) < 4.78 is 6.49. The first-order valence-electron chi connectivity index (χ1n) is 5.72. The smallest absolute Gasteiger partial charge is 0.272 e. The van der Waals surface area contributed by atoms with Gasteiger partial charge in [-0.05, 0) is 56.5 Å². The number of ether oxygens (including phenoxy) is 1. The van der Waals surface area contributed by atoms with Crippen LogP contribution < -0.4 is 9.64 Å². The maximum absolute atomic E-state index is 11.8. The van der Waals surface area contributed by atoms with Gasteiger partial charge in [-0.2, -0.15) is 0 Å². The number of halogens is 2. The second-order valence-corrected chi connectivity index (χ2v) is 5.64. The summed E-state index contributed by atoms with van der Waals surface area (Å²) in [6.07, 6.45) is 2.17. The lowest BCUT2D eigenvalue weighted by molar-refractivity contribution is -0.120. The SMILES string of the molecule is CCCOc1ccc(N2C(=O)C=C(Br)C2=O)cc1Br. The molecule has 0 aliphatic carbocycles. The van der Waals surface area contributed by atoms with E-state index in [-0.39, 0.29) is 16.3 Å². The molecular weight excluding hydrogens is 378 g/mol. The van der Waals surface area contributed by atoms with Crippen LogP contribution in [0.4, 0.5) is 5.69 Å². The van der Waals surface area contributed by atoms with Crippen molar-refractivity contribution in [1.82, 2.24) is 0 Å². The Morgan fingerprint density at radius 3 is 2.53 bits per heavy atom. The molecule has 19 heavy (non-hydrogen) atoms. The molecule has 0 saturated heterocycles. The number of anilines is 1. The molecule has 1 aromatic rings. The molecule has 2 rings (SSSR count). The number of hydrogen-bond donors (Lipinski definition) is 0. The number of imide groups is 1. The molecule has 1 aliphatic heterocycles. The van der Waals surface area contributed by atoms with Crippen molar-refractivity contribution in [2.24, 2.45) is 0 Å². The molecule has 0 saturated carbocycles. The van der Waals surface area contributed by atoms with E-state index in [4.69, 9.17) is 4.74 Å². The van der Waals surface area contributed by atoms with Crippen LogP contribution in [-0.4, -0.2) is 18.4 Å². The van der Waals surface area contributed by atoms with Gasteiger partial charge < -0.3 is 4.74 Å². The van der Waals surface area contributed by atoms with E-state index in [2.05, 4.69) is 31.9 Å². The number of nitrogens with zero attached hydrogens (tertiary/aromatic N) is 1. The van der Waals surface area contributed by atoms with E-state index >= 15 is 0 Å². The van der Waals surface area contributed by atoms with Crippen molar-refractivity contribution in [2.75, 3.05) is 11.5 Å². The summed E-state index contributed by atoms with van der Waals surface area (Å²) in [6.45, 7) is 2.64. The van der Waals surface area contributed by atoms with Gasteiger partial charge in [0.25, 0.3) is 11.8 Å². The maximum atomic E-state index is 11.8. The first-order chi connectivity index (χ1) is 9.04. The summed E-state index contributed by atoms with van der Waals surface area (Å²) >= 11 is 6.44. The molecule has 4 nitrogen and oxygen atoms in total. The molecule has 1 heterocycles. The second kappa shape index (κ2) is 5.88. The topological polar surface area (TPSA) is 46.6 Å². The van der Waals surface area contributed by atoms with Crippen molar-refractivity contribution in [1.29, 1.82) is 0 Å². The van der Waals surface area contributed by atoms with Crippen LogP contribution >= 0.6 is 31.9 Å². The zero-order chi connectivity index (χ0) is 14.0. The van der Waals surface area contributed by atoms with Crippen LogP contribution in [0.3, 0.4) is 0 Å². The van der Waals surface area contributed by atoms with Crippen LogP contribution in [0.25, 0.3) is 0 Å². The van der Waals surface area contributed by atoms with E-state index in [1.165, 1.54) is 6.08 Å². The molecule has 0 radical (unpaired) electrons. The number of amides is 2. The summed E-state index contributed by atoms with van der Waals surface area (Å²) in [5.41, 5.74) is 0.511. The van der Waals surface area contributed by atoms with Gasteiger partial charge in [-0.1, -0.05) is 6.92 Å². The van der Waals surface area contributed by atoms with E-state index in [0.717, 1.165) is 11.3 Å². The van der Waals surface area contributed by atoms with Gasteiger partial charge in [0.15, 0.2) is 0 Å². The lowest BCUT2D eigenvalue weighted by atomic mass is 10.2. The normalized spacial score (nSPS) is 14.9. The minimum Gasteiger partial charge on any atom is -0.492 e. The minimum atomic E-state index is -0.362. The molecule has 6 heteroatoms. The molecule has 0 spiro atoms. The van der Waals surface area contributed by atoms with Gasteiger partial charge in [-0.15, -0.1) is 0 Å². The highest BCUT2D eigenvalue weighted by atomic mass is 79.9. The van der Waals surface area contributed by atoms with Crippen LogP contribution in [0.1, 0.15) is 13.3 Å². The van der Waals surface area contributed by atoms with Gasteiger partial charge in [0.2, 0.25) is 0 Å².